The van der Waals surface area contributed by atoms with Gasteiger partial charge in [-0.15, -0.1) is 0 Å². The molecule has 9 nitrogen and oxygen atoms in total. The van der Waals surface area contributed by atoms with Crippen LogP contribution in [0.5, 0.6) is 0 Å². The molecule has 0 saturated carbocycles. The Morgan fingerprint density at radius 3 is 2.09 bits per heavy atom. The molecular weight excluding hydrogens is 306 g/mol. The van der Waals surface area contributed by atoms with E-state index in [0.717, 1.165) is 0 Å². The lowest BCUT2D eigenvalue weighted by atomic mass is 10.2. The molecule has 0 unspecified atom stereocenters. The number of hydrogen-bond donors (Lipinski definition) is 2. The molecule has 0 rings (SSSR count). The molecule has 23 heavy (non-hydrogen) atoms. The third-order valence-electron chi connectivity index (χ3n) is 2.65. The van der Waals surface area contributed by atoms with Gasteiger partial charge in [-0.25, -0.2) is 5.84 Å². The van der Waals surface area contributed by atoms with Gasteiger partial charge in [0.1, 0.15) is 13.2 Å². The number of carbonyl (C=O) groups is 3. The molecule has 0 heterocycles. The average Bonchev–Trinajstić information content (AvgIpc) is 2.45. The molecular formula is C14H25N3O6. The molecule has 0 aromatic rings. The van der Waals surface area contributed by atoms with Crippen LogP contribution in [0.25, 0.3) is 0 Å². The van der Waals surface area contributed by atoms with E-state index in [1.807, 2.05) is 0 Å². The summed E-state index contributed by atoms with van der Waals surface area (Å²) in [4.78, 5) is 33.1. The first-order valence-electron chi connectivity index (χ1n) is 7.20. The van der Waals surface area contributed by atoms with Gasteiger partial charge < -0.3 is 25.0 Å². The van der Waals surface area contributed by atoms with Crippen molar-refractivity contribution in [1.82, 2.24) is 5.01 Å². The highest BCUT2D eigenvalue weighted by Gasteiger charge is 2.14. The number of rotatable bonds is 10. The Hall–Kier alpha value is -2.29. The van der Waals surface area contributed by atoms with Gasteiger partial charge in [0, 0.05) is 26.8 Å². The van der Waals surface area contributed by atoms with E-state index >= 15 is 0 Å². The lowest BCUT2D eigenvalue weighted by Crippen LogP contribution is -2.37. The van der Waals surface area contributed by atoms with E-state index in [-0.39, 0.29) is 37.8 Å². The fourth-order valence-electron chi connectivity index (χ4n) is 1.55. The van der Waals surface area contributed by atoms with Crippen molar-refractivity contribution in [2.24, 2.45) is 11.6 Å². The van der Waals surface area contributed by atoms with Gasteiger partial charge in [-0.1, -0.05) is 0 Å². The van der Waals surface area contributed by atoms with Crippen LogP contribution >= 0.6 is 0 Å². The van der Waals surface area contributed by atoms with Gasteiger partial charge in [0.05, 0.1) is 18.0 Å². The second kappa shape index (κ2) is 11.3. The Morgan fingerprint density at radius 1 is 1.00 bits per heavy atom. The van der Waals surface area contributed by atoms with Gasteiger partial charge in [-0.05, 0) is 13.3 Å². The van der Waals surface area contributed by atoms with E-state index in [1.54, 1.807) is 6.92 Å². The molecule has 0 aliphatic heterocycles. The zero-order valence-electron chi connectivity index (χ0n) is 13.8. The second-order valence-electron chi connectivity index (χ2n) is 4.63. The third-order valence-corrected chi connectivity index (χ3v) is 2.65. The number of hydrazine groups is 1. The maximum atomic E-state index is 11.3. The highest BCUT2D eigenvalue weighted by molar-refractivity contribution is 5.69. The van der Waals surface area contributed by atoms with E-state index in [1.165, 1.54) is 18.9 Å². The molecule has 0 atom stereocenters. The predicted octanol–water partition coefficient (Wildman–Crippen LogP) is -0.198. The summed E-state index contributed by atoms with van der Waals surface area (Å²) in [7, 11) is 0. The zero-order chi connectivity index (χ0) is 17.8. The van der Waals surface area contributed by atoms with Gasteiger partial charge in [0.15, 0.2) is 0 Å². The summed E-state index contributed by atoms with van der Waals surface area (Å²) in [6, 6.07) is 0. The van der Waals surface area contributed by atoms with Crippen LogP contribution in [0.2, 0.25) is 0 Å². The van der Waals surface area contributed by atoms with Gasteiger partial charge in [0.2, 0.25) is 0 Å². The Morgan fingerprint density at radius 2 is 1.57 bits per heavy atom. The summed E-state index contributed by atoms with van der Waals surface area (Å²) >= 11 is 0. The lowest BCUT2D eigenvalue weighted by Gasteiger charge is -2.23. The lowest BCUT2D eigenvalue weighted by molar-refractivity contribution is -0.143. The van der Waals surface area contributed by atoms with E-state index in [0.29, 0.717) is 18.7 Å². The van der Waals surface area contributed by atoms with Crippen molar-refractivity contribution < 1.29 is 28.6 Å². The molecule has 132 valence electrons. The summed E-state index contributed by atoms with van der Waals surface area (Å²) in [5.41, 5.74) is 6.31. The second-order valence-corrected chi connectivity index (χ2v) is 4.63. The normalized spacial score (nSPS) is 11.3. The fraction of sp³-hybridized carbons (Fsp3) is 0.643. The Balaban J connectivity index is 4.69. The molecule has 0 aromatic carbocycles. The molecule has 0 aromatic heterocycles. The summed E-state index contributed by atoms with van der Waals surface area (Å²) in [6.07, 6.45) is 0.631. The summed E-state index contributed by atoms with van der Waals surface area (Å²) in [5.74, 6) is 4.57. The number of nitrogens with two attached hydrogens (primary N) is 2. The van der Waals surface area contributed by atoms with Crippen LogP contribution in [-0.4, -0.2) is 49.3 Å². The van der Waals surface area contributed by atoms with Crippen molar-refractivity contribution in [3.05, 3.63) is 11.4 Å². The molecule has 0 spiro atoms. The van der Waals surface area contributed by atoms with Gasteiger partial charge >= 0.3 is 17.9 Å². The highest BCUT2D eigenvalue weighted by atomic mass is 16.5. The first kappa shape index (κ1) is 20.7. The number of esters is 3. The molecule has 0 fully saturated rings. The number of nitrogens with zero attached hydrogens (tertiary/aromatic N) is 1. The van der Waals surface area contributed by atoms with E-state index < -0.39 is 11.9 Å². The molecule has 0 saturated heterocycles. The summed E-state index contributed by atoms with van der Waals surface area (Å²) < 4.78 is 14.5. The molecule has 0 bridgehead atoms. The fourth-order valence-corrected chi connectivity index (χ4v) is 1.55. The molecule has 0 aliphatic carbocycles. The van der Waals surface area contributed by atoms with Crippen LogP contribution in [0.3, 0.4) is 0 Å². The predicted molar refractivity (Wildman–Crippen MR) is 81.2 cm³/mol. The monoisotopic (exact) mass is 331 g/mol. The van der Waals surface area contributed by atoms with Gasteiger partial charge in [-0.2, -0.15) is 0 Å². The summed E-state index contributed by atoms with van der Waals surface area (Å²) in [5, 5.41) is 1.26. The van der Waals surface area contributed by atoms with Crippen molar-refractivity contribution in [3.63, 3.8) is 0 Å². The smallest absolute Gasteiger partial charge is 0.305 e. The van der Waals surface area contributed by atoms with Crippen molar-refractivity contribution in [3.8, 4) is 0 Å². The molecule has 4 N–H and O–H groups in total. The Kier molecular flexibility index (Phi) is 10.2. The third kappa shape index (κ3) is 10.1. The highest BCUT2D eigenvalue weighted by Crippen LogP contribution is 2.07. The van der Waals surface area contributed by atoms with Crippen LogP contribution in [-0.2, 0) is 28.6 Å². The largest absolute Gasteiger partial charge is 0.466 e. The number of hydrogen-bond acceptors (Lipinski definition) is 9. The maximum Gasteiger partial charge on any atom is 0.305 e. The minimum Gasteiger partial charge on any atom is -0.466 e. The van der Waals surface area contributed by atoms with E-state index in [4.69, 9.17) is 25.8 Å². The number of ether oxygens (including phenoxy) is 3. The van der Waals surface area contributed by atoms with Gasteiger partial charge in [0.25, 0.3) is 0 Å². The quantitative estimate of drug-likeness (QED) is 0.241. The topological polar surface area (TPSA) is 134 Å². The van der Waals surface area contributed by atoms with Crippen molar-refractivity contribution in [2.75, 3.05) is 26.4 Å². The SMILES string of the molecule is CCOC(=O)CCCN(N)/C(COC(C)=O)=C(\N)COC(C)=O. The standard InChI is InChI=1S/C14H25N3O6/c1-4-21-14(20)6-5-7-17(16)13(9-23-11(3)19)12(15)8-22-10(2)18/h4-9,15-16H2,1-3H3/b13-12-. The first-order chi connectivity index (χ1) is 10.8. The number of carbonyl (C=O) groups excluding carboxylic acids is 3. The van der Waals surface area contributed by atoms with Crippen LogP contribution < -0.4 is 11.6 Å². The Labute approximate surface area is 135 Å². The zero-order valence-corrected chi connectivity index (χ0v) is 13.8. The van der Waals surface area contributed by atoms with Crippen LogP contribution in [0.1, 0.15) is 33.6 Å². The van der Waals surface area contributed by atoms with Crippen molar-refractivity contribution >= 4 is 17.9 Å². The minimum atomic E-state index is -0.497. The minimum absolute atomic E-state index is 0.154. The van der Waals surface area contributed by atoms with Crippen molar-refractivity contribution in [1.29, 1.82) is 0 Å². The Bertz CT molecular complexity index is 450. The molecule has 9 heteroatoms. The van der Waals surface area contributed by atoms with Crippen LogP contribution in [0, 0.1) is 0 Å². The average molecular weight is 331 g/mol. The van der Waals surface area contributed by atoms with E-state index in [9.17, 15) is 14.4 Å². The molecule has 0 aliphatic rings. The molecule has 0 amide bonds. The molecule has 0 radical (unpaired) electrons. The van der Waals surface area contributed by atoms with Crippen molar-refractivity contribution in [2.45, 2.75) is 33.6 Å². The maximum absolute atomic E-state index is 11.3. The summed E-state index contributed by atoms with van der Waals surface area (Å²) in [6.45, 7) is 4.51. The van der Waals surface area contributed by atoms with Crippen LogP contribution in [0.4, 0.5) is 0 Å². The first-order valence-corrected chi connectivity index (χ1v) is 7.20. The van der Waals surface area contributed by atoms with Gasteiger partial charge in [-0.3, -0.25) is 14.4 Å². The van der Waals surface area contributed by atoms with Crippen LogP contribution in [0.15, 0.2) is 11.4 Å². The van der Waals surface area contributed by atoms with E-state index in [2.05, 4.69) is 0 Å².